The Balaban J connectivity index is 1.68. The minimum atomic E-state index is -0.932. The lowest BCUT2D eigenvalue weighted by molar-refractivity contribution is 0.0695. The first-order valence-electron chi connectivity index (χ1n) is 8.46. The second kappa shape index (κ2) is 6.68. The SMILES string of the molecule is Cn1ccnc1CN1CCc2c(cnc(-c3ccncc3)c2C(=O)O)C1. The highest BCUT2D eigenvalue weighted by Crippen LogP contribution is 2.30. The lowest BCUT2D eigenvalue weighted by Gasteiger charge is -2.29. The van der Waals surface area contributed by atoms with Crippen molar-refractivity contribution >= 4 is 5.97 Å². The molecule has 0 spiro atoms. The molecule has 132 valence electrons. The number of carboxylic acids is 1. The molecule has 0 fully saturated rings. The summed E-state index contributed by atoms with van der Waals surface area (Å²) in [6.45, 7) is 2.20. The van der Waals surface area contributed by atoms with Crippen molar-refractivity contribution < 1.29 is 9.90 Å². The van der Waals surface area contributed by atoms with Crippen LogP contribution in [0.2, 0.25) is 0 Å². The number of rotatable bonds is 4. The number of nitrogens with zero attached hydrogens (tertiary/aromatic N) is 5. The molecule has 4 rings (SSSR count). The number of aromatic carboxylic acids is 1. The highest BCUT2D eigenvalue weighted by Gasteiger charge is 2.26. The third kappa shape index (κ3) is 2.97. The summed E-state index contributed by atoms with van der Waals surface area (Å²) >= 11 is 0. The van der Waals surface area contributed by atoms with E-state index in [-0.39, 0.29) is 0 Å². The zero-order valence-electron chi connectivity index (χ0n) is 14.5. The number of fused-ring (bicyclic) bond motifs is 1. The fraction of sp³-hybridized carbons (Fsp3) is 0.263. The summed E-state index contributed by atoms with van der Waals surface area (Å²) in [6.07, 6.45) is 9.51. The molecule has 1 aliphatic heterocycles. The van der Waals surface area contributed by atoms with Crippen LogP contribution in [-0.4, -0.2) is 42.0 Å². The van der Waals surface area contributed by atoms with Gasteiger partial charge in [0.1, 0.15) is 5.82 Å². The van der Waals surface area contributed by atoms with Gasteiger partial charge in [0.05, 0.1) is 17.8 Å². The van der Waals surface area contributed by atoms with Gasteiger partial charge in [-0.15, -0.1) is 0 Å². The van der Waals surface area contributed by atoms with Crippen molar-refractivity contribution in [2.45, 2.75) is 19.5 Å². The Morgan fingerprint density at radius 3 is 2.73 bits per heavy atom. The van der Waals surface area contributed by atoms with Gasteiger partial charge in [0.2, 0.25) is 0 Å². The maximum atomic E-state index is 12.0. The molecule has 0 unspecified atom stereocenters. The summed E-state index contributed by atoms with van der Waals surface area (Å²) in [5.74, 6) is 0.0620. The van der Waals surface area contributed by atoms with E-state index in [4.69, 9.17) is 0 Å². The number of pyridine rings is 2. The lowest BCUT2D eigenvalue weighted by atomic mass is 9.93. The Hall–Kier alpha value is -3.06. The average Bonchev–Trinajstić information content (AvgIpc) is 3.06. The summed E-state index contributed by atoms with van der Waals surface area (Å²) in [7, 11) is 1.98. The predicted octanol–water partition coefficient (Wildman–Crippen LogP) is 2.13. The molecule has 0 saturated carbocycles. The minimum Gasteiger partial charge on any atom is -0.478 e. The molecule has 0 aliphatic carbocycles. The smallest absolute Gasteiger partial charge is 0.338 e. The molecule has 0 amide bonds. The number of imidazole rings is 1. The normalized spacial score (nSPS) is 14.2. The van der Waals surface area contributed by atoms with Crippen molar-refractivity contribution in [3.05, 3.63) is 65.6 Å². The fourth-order valence-corrected chi connectivity index (χ4v) is 3.44. The predicted molar refractivity (Wildman–Crippen MR) is 95.5 cm³/mol. The van der Waals surface area contributed by atoms with Crippen LogP contribution < -0.4 is 0 Å². The molecule has 26 heavy (non-hydrogen) atoms. The largest absolute Gasteiger partial charge is 0.478 e. The van der Waals surface area contributed by atoms with Crippen LogP contribution in [0.1, 0.15) is 27.3 Å². The van der Waals surface area contributed by atoms with Crippen LogP contribution in [0.4, 0.5) is 0 Å². The van der Waals surface area contributed by atoms with E-state index >= 15 is 0 Å². The average molecular weight is 349 g/mol. The third-order valence-electron chi connectivity index (χ3n) is 4.80. The highest BCUT2D eigenvalue weighted by molar-refractivity contribution is 5.96. The van der Waals surface area contributed by atoms with E-state index in [1.165, 1.54) is 0 Å². The topological polar surface area (TPSA) is 84.1 Å². The molecule has 1 N–H and O–H groups in total. The first-order valence-corrected chi connectivity index (χ1v) is 8.46. The van der Waals surface area contributed by atoms with Gasteiger partial charge in [-0.2, -0.15) is 0 Å². The number of hydrogen-bond acceptors (Lipinski definition) is 5. The first kappa shape index (κ1) is 16.4. The molecule has 1 aliphatic rings. The van der Waals surface area contributed by atoms with Gasteiger partial charge in [-0.25, -0.2) is 9.78 Å². The van der Waals surface area contributed by atoms with Gasteiger partial charge in [0.25, 0.3) is 0 Å². The third-order valence-corrected chi connectivity index (χ3v) is 4.80. The Morgan fingerprint density at radius 2 is 2.04 bits per heavy atom. The van der Waals surface area contributed by atoms with Crippen molar-refractivity contribution in [2.24, 2.45) is 7.05 Å². The van der Waals surface area contributed by atoms with Crippen LogP contribution in [0.15, 0.2) is 43.1 Å². The molecule has 3 aromatic rings. The zero-order chi connectivity index (χ0) is 18.1. The summed E-state index contributed by atoms with van der Waals surface area (Å²) in [6, 6.07) is 3.58. The number of aromatic nitrogens is 4. The monoisotopic (exact) mass is 349 g/mol. The van der Waals surface area contributed by atoms with Gasteiger partial charge < -0.3 is 9.67 Å². The van der Waals surface area contributed by atoms with Crippen molar-refractivity contribution in [1.82, 2.24) is 24.4 Å². The summed E-state index contributed by atoms with van der Waals surface area (Å²) in [5, 5.41) is 9.81. The molecule has 7 nitrogen and oxygen atoms in total. The van der Waals surface area contributed by atoms with Crippen LogP contribution in [0, 0.1) is 0 Å². The number of carboxylic acid groups (broad SMARTS) is 1. The number of carbonyl (C=O) groups is 1. The van der Waals surface area contributed by atoms with E-state index in [9.17, 15) is 9.90 Å². The molecule has 0 radical (unpaired) electrons. The van der Waals surface area contributed by atoms with Crippen molar-refractivity contribution in [3.63, 3.8) is 0 Å². The summed E-state index contributed by atoms with van der Waals surface area (Å²) < 4.78 is 2.00. The van der Waals surface area contributed by atoms with Gasteiger partial charge in [-0.3, -0.25) is 14.9 Å². The standard InChI is InChI=1S/C19H19N5O2/c1-23-9-7-21-16(23)12-24-8-4-15-14(11-24)10-22-18(17(15)19(25)26)13-2-5-20-6-3-13/h2-3,5-7,9-10H,4,8,11-12H2,1H3,(H,25,26). The van der Waals surface area contributed by atoms with Gasteiger partial charge >= 0.3 is 5.97 Å². The van der Waals surface area contributed by atoms with E-state index in [1.54, 1.807) is 30.7 Å². The first-order chi connectivity index (χ1) is 12.6. The van der Waals surface area contributed by atoms with E-state index in [1.807, 2.05) is 24.0 Å². The van der Waals surface area contributed by atoms with E-state index in [2.05, 4.69) is 19.9 Å². The minimum absolute atomic E-state index is 0.311. The van der Waals surface area contributed by atoms with Gasteiger partial charge in [-0.05, 0) is 29.7 Å². The van der Waals surface area contributed by atoms with Crippen LogP contribution in [0.5, 0.6) is 0 Å². The molecule has 4 heterocycles. The maximum Gasteiger partial charge on any atom is 0.338 e. The summed E-state index contributed by atoms with van der Waals surface area (Å²) in [4.78, 5) is 27.1. The summed E-state index contributed by atoms with van der Waals surface area (Å²) in [5.41, 5.74) is 3.45. The fourth-order valence-electron chi connectivity index (χ4n) is 3.44. The highest BCUT2D eigenvalue weighted by atomic mass is 16.4. The van der Waals surface area contributed by atoms with E-state index in [0.717, 1.165) is 35.6 Å². The lowest BCUT2D eigenvalue weighted by Crippen LogP contribution is -2.32. The molecular weight excluding hydrogens is 330 g/mol. The Labute approximate surface area is 151 Å². The number of hydrogen-bond donors (Lipinski definition) is 1. The Kier molecular flexibility index (Phi) is 4.22. The number of aryl methyl sites for hydroxylation is 1. The van der Waals surface area contributed by atoms with Crippen LogP contribution >= 0.6 is 0 Å². The maximum absolute atomic E-state index is 12.0. The van der Waals surface area contributed by atoms with Crippen molar-refractivity contribution in [1.29, 1.82) is 0 Å². The molecule has 0 saturated heterocycles. The Bertz CT molecular complexity index is 952. The second-order valence-corrected chi connectivity index (χ2v) is 6.44. The molecule has 3 aromatic heterocycles. The van der Waals surface area contributed by atoms with Crippen LogP contribution in [0.3, 0.4) is 0 Å². The molecule has 0 atom stereocenters. The van der Waals surface area contributed by atoms with Gasteiger partial charge in [-0.1, -0.05) is 0 Å². The van der Waals surface area contributed by atoms with E-state index in [0.29, 0.717) is 24.2 Å². The van der Waals surface area contributed by atoms with Gasteiger partial charge in [0.15, 0.2) is 0 Å². The molecule has 0 aromatic carbocycles. The quantitative estimate of drug-likeness (QED) is 0.777. The molecule has 0 bridgehead atoms. The molecule has 7 heteroatoms. The zero-order valence-corrected chi connectivity index (χ0v) is 14.5. The Morgan fingerprint density at radius 1 is 1.23 bits per heavy atom. The van der Waals surface area contributed by atoms with Crippen LogP contribution in [-0.2, 0) is 26.6 Å². The van der Waals surface area contributed by atoms with E-state index < -0.39 is 5.97 Å². The molecular formula is C19H19N5O2. The van der Waals surface area contributed by atoms with Crippen molar-refractivity contribution in [2.75, 3.05) is 6.54 Å². The van der Waals surface area contributed by atoms with Crippen molar-refractivity contribution in [3.8, 4) is 11.3 Å². The second-order valence-electron chi connectivity index (χ2n) is 6.44. The van der Waals surface area contributed by atoms with Crippen LogP contribution in [0.25, 0.3) is 11.3 Å². The van der Waals surface area contributed by atoms with Gasteiger partial charge in [0, 0.05) is 56.7 Å².